The third kappa shape index (κ3) is 4.38. The van der Waals surface area contributed by atoms with Gasteiger partial charge in [-0.15, -0.1) is 0 Å². The second kappa shape index (κ2) is 8.95. The van der Waals surface area contributed by atoms with Crippen molar-refractivity contribution in [1.29, 1.82) is 0 Å². The number of amides is 1. The van der Waals surface area contributed by atoms with Crippen LogP contribution in [0.2, 0.25) is 0 Å². The van der Waals surface area contributed by atoms with Crippen LogP contribution in [0.15, 0.2) is 42.5 Å². The Kier molecular flexibility index (Phi) is 6.39. The quantitative estimate of drug-likeness (QED) is 0.537. The van der Waals surface area contributed by atoms with Crippen molar-refractivity contribution in [3.63, 3.8) is 0 Å². The van der Waals surface area contributed by atoms with Crippen LogP contribution >= 0.6 is 0 Å². The van der Waals surface area contributed by atoms with Crippen LogP contribution in [-0.4, -0.2) is 26.9 Å². The zero-order valence-corrected chi connectivity index (χ0v) is 16.3. The van der Waals surface area contributed by atoms with Crippen LogP contribution in [0.5, 0.6) is 0 Å². The highest BCUT2D eigenvalue weighted by atomic mass is 19.1. The first-order valence-electron chi connectivity index (χ1n) is 9.73. The van der Waals surface area contributed by atoms with Crippen molar-refractivity contribution < 1.29 is 13.6 Å². The molecule has 0 fully saturated rings. The largest absolute Gasteiger partial charge is 0.331 e. The topological polar surface area (TPSA) is 38.1 Å². The zero-order chi connectivity index (χ0) is 20.1. The van der Waals surface area contributed by atoms with Gasteiger partial charge in [0.05, 0.1) is 17.6 Å². The molecule has 1 heterocycles. The van der Waals surface area contributed by atoms with E-state index in [-0.39, 0.29) is 11.7 Å². The average Bonchev–Trinajstić information content (AvgIpc) is 3.01. The van der Waals surface area contributed by atoms with E-state index in [0.717, 1.165) is 31.3 Å². The molecule has 0 aliphatic heterocycles. The van der Waals surface area contributed by atoms with Crippen molar-refractivity contribution in [2.75, 3.05) is 6.54 Å². The second-order valence-corrected chi connectivity index (χ2v) is 6.90. The first-order valence-corrected chi connectivity index (χ1v) is 9.73. The van der Waals surface area contributed by atoms with E-state index >= 15 is 0 Å². The van der Waals surface area contributed by atoms with Crippen LogP contribution in [0.25, 0.3) is 11.0 Å². The van der Waals surface area contributed by atoms with E-state index in [2.05, 4.69) is 18.8 Å². The molecule has 3 aromatic rings. The van der Waals surface area contributed by atoms with E-state index in [1.165, 1.54) is 30.3 Å². The van der Waals surface area contributed by atoms with Gasteiger partial charge in [0.15, 0.2) is 0 Å². The van der Waals surface area contributed by atoms with Crippen molar-refractivity contribution in [3.8, 4) is 0 Å². The molecule has 2 aromatic carbocycles. The Morgan fingerprint density at radius 2 is 1.86 bits per heavy atom. The van der Waals surface area contributed by atoms with Crippen LogP contribution in [0.1, 0.15) is 49.3 Å². The molecule has 1 aromatic heterocycles. The summed E-state index contributed by atoms with van der Waals surface area (Å²) in [5.41, 5.74) is 1.75. The fourth-order valence-electron chi connectivity index (χ4n) is 3.32. The van der Waals surface area contributed by atoms with Gasteiger partial charge in [-0.05, 0) is 43.2 Å². The number of imidazole rings is 1. The summed E-state index contributed by atoms with van der Waals surface area (Å²) in [6.07, 6.45) is 2.66. The van der Waals surface area contributed by atoms with E-state index in [1.54, 1.807) is 17.0 Å². The van der Waals surface area contributed by atoms with Crippen LogP contribution in [-0.2, 0) is 13.1 Å². The number of rotatable bonds is 8. The fourth-order valence-corrected chi connectivity index (χ4v) is 3.32. The van der Waals surface area contributed by atoms with Gasteiger partial charge in [0.1, 0.15) is 17.5 Å². The number of hydrogen-bond donors (Lipinski definition) is 0. The first kappa shape index (κ1) is 20.0. The predicted octanol–water partition coefficient (Wildman–Crippen LogP) is 5.17. The fraction of sp³-hybridized carbons (Fsp3) is 0.364. The number of unbranched alkanes of at least 4 members (excludes halogenated alkanes) is 1. The highest BCUT2D eigenvalue weighted by Gasteiger charge is 2.20. The molecular weight excluding hydrogens is 360 g/mol. The highest BCUT2D eigenvalue weighted by molar-refractivity contribution is 5.94. The highest BCUT2D eigenvalue weighted by Crippen LogP contribution is 2.20. The monoisotopic (exact) mass is 385 g/mol. The maximum Gasteiger partial charge on any atom is 0.254 e. The summed E-state index contributed by atoms with van der Waals surface area (Å²) in [5, 5.41) is 0. The number of aromatic nitrogens is 2. The van der Waals surface area contributed by atoms with E-state index < -0.39 is 5.82 Å². The molecule has 0 unspecified atom stereocenters. The molecule has 0 aliphatic rings. The predicted molar refractivity (Wildman–Crippen MR) is 106 cm³/mol. The normalized spacial score (nSPS) is 11.1. The lowest BCUT2D eigenvalue weighted by atomic mass is 10.2. The summed E-state index contributed by atoms with van der Waals surface area (Å²) >= 11 is 0. The lowest BCUT2D eigenvalue weighted by Gasteiger charge is -2.23. The average molecular weight is 385 g/mol. The molecule has 0 saturated heterocycles. The molecule has 4 nitrogen and oxygen atoms in total. The van der Waals surface area contributed by atoms with E-state index in [0.29, 0.717) is 30.0 Å². The molecule has 0 saturated carbocycles. The molecule has 0 N–H and O–H groups in total. The number of nitrogens with zero attached hydrogens (tertiary/aromatic N) is 3. The summed E-state index contributed by atoms with van der Waals surface area (Å²) in [6, 6.07) is 10.3. The Labute approximate surface area is 163 Å². The third-order valence-electron chi connectivity index (χ3n) is 4.71. The summed E-state index contributed by atoms with van der Waals surface area (Å²) in [6.45, 7) is 5.69. The Balaban J connectivity index is 1.96. The minimum absolute atomic E-state index is 0.228. The summed E-state index contributed by atoms with van der Waals surface area (Å²) in [7, 11) is 0. The van der Waals surface area contributed by atoms with Crippen molar-refractivity contribution in [2.24, 2.45) is 0 Å². The van der Waals surface area contributed by atoms with E-state index in [4.69, 9.17) is 0 Å². The van der Waals surface area contributed by atoms with Crippen LogP contribution in [0.3, 0.4) is 0 Å². The zero-order valence-electron chi connectivity index (χ0n) is 16.3. The second-order valence-electron chi connectivity index (χ2n) is 6.90. The van der Waals surface area contributed by atoms with Gasteiger partial charge < -0.3 is 9.47 Å². The number of carbonyl (C=O) groups is 1. The summed E-state index contributed by atoms with van der Waals surface area (Å²) in [4.78, 5) is 19.3. The van der Waals surface area contributed by atoms with Gasteiger partial charge in [-0.25, -0.2) is 13.8 Å². The number of halogens is 2. The Bertz CT molecular complexity index is 968. The van der Waals surface area contributed by atoms with Crippen molar-refractivity contribution in [2.45, 2.75) is 46.2 Å². The molecule has 0 bridgehead atoms. The number of benzene rings is 2. The van der Waals surface area contributed by atoms with Gasteiger partial charge in [0.2, 0.25) is 0 Å². The minimum atomic E-state index is -0.435. The van der Waals surface area contributed by atoms with Gasteiger partial charge in [-0.2, -0.15) is 0 Å². The smallest absolute Gasteiger partial charge is 0.254 e. The molecule has 0 spiro atoms. The van der Waals surface area contributed by atoms with Gasteiger partial charge in [0, 0.05) is 24.7 Å². The maximum absolute atomic E-state index is 13.6. The molecule has 148 valence electrons. The minimum Gasteiger partial charge on any atom is -0.331 e. The first-order chi connectivity index (χ1) is 13.5. The molecule has 0 atom stereocenters. The van der Waals surface area contributed by atoms with Crippen LogP contribution in [0.4, 0.5) is 8.78 Å². The van der Waals surface area contributed by atoms with E-state index in [9.17, 15) is 13.6 Å². The Morgan fingerprint density at radius 3 is 2.57 bits per heavy atom. The van der Waals surface area contributed by atoms with Crippen molar-refractivity contribution in [3.05, 3.63) is 65.5 Å². The molecule has 0 aliphatic carbocycles. The summed E-state index contributed by atoms with van der Waals surface area (Å²) < 4.78 is 29.3. The number of fused-ring (bicyclic) bond motifs is 1. The SMILES string of the molecule is CCCCN(Cc1nc2cc(F)ccc2n1CCC)C(=O)c1cccc(F)c1. The third-order valence-corrected chi connectivity index (χ3v) is 4.71. The lowest BCUT2D eigenvalue weighted by Crippen LogP contribution is -2.32. The number of carbonyl (C=O) groups excluding carboxylic acids is 1. The number of aryl methyl sites for hydroxylation is 1. The molecular formula is C22H25F2N3O. The maximum atomic E-state index is 13.6. The van der Waals surface area contributed by atoms with E-state index in [1.807, 2.05) is 4.57 Å². The molecule has 0 radical (unpaired) electrons. The van der Waals surface area contributed by atoms with Gasteiger partial charge in [0.25, 0.3) is 5.91 Å². The van der Waals surface area contributed by atoms with Crippen LogP contribution in [0, 0.1) is 11.6 Å². The molecule has 6 heteroatoms. The van der Waals surface area contributed by atoms with Gasteiger partial charge >= 0.3 is 0 Å². The molecule has 1 amide bonds. The van der Waals surface area contributed by atoms with Gasteiger partial charge in [-0.1, -0.05) is 26.3 Å². The lowest BCUT2D eigenvalue weighted by molar-refractivity contribution is 0.0734. The molecule has 3 rings (SSSR count). The van der Waals surface area contributed by atoms with Crippen LogP contribution < -0.4 is 0 Å². The molecule has 28 heavy (non-hydrogen) atoms. The Hall–Kier alpha value is -2.76. The van der Waals surface area contributed by atoms with Gasteiger partial charge in [-0.3, -0.25) is 4.79 Å². The summed E-state index contributed by atoms with van der Waals surface area (Å²) in [5.74, 6) is -0.286. The standard InChI is InChI=1S/C22H25F2N3O/c1-3-5-12-26(22(28)16-7-6-8-17(23)13-16)15-21-25-19-14-18(24)9-10-20(19)27(21)11-4-2/h6-10,13-14H,3-5,11-12,15H2,1-2H3. The van der Waals surface area contributed by atoms with Crippen molar-refractivity contribution >= 4 is 16.9 Å². The number of hydrogen-bond acceptors (Lipinski definition) is 2. The Morgan fingerprint density at radius 1 is 1.07 bits per heavy atom. The van der Waals surface area contributed by atoms with Crippen molar-refractivity contribution in [1.82, 2.24) is 14.5 Å².